The van der Waals surface area contributed by atoms with Crippen molar-refractivity contribution in [1.82, 2.24) is 14.9 Å². The third kappa shape index (κ3) is 2.58. The Bertz CT molecular complexity index is 550. The summed E-state index contributed by atoms with van der Waals surface area (Å²) in [4.78, 5) is 33.0. The van der Waals surface area contributed by atoms with E-state index in [4.69, 9.17) is 11.6 Å². The van der Waals surface area contributed by atoms with Crippen LogP contribution in [-0.4, -0.2) is 52.4 Å². The van der Waals surface area contributed by atoms with Crippen LogP contribution in [0.15, 0.2) is 0 Å². The number of hydrogen-bond donors (Lipinski definition) is 0. The summed E-state index contributed by atoms with van der Waals surface area (Å²) in [5.41, 5.74) is -0.0202. The molecule has 1 aromatic rings. The molecule has 9 heteroatoms. The van der Waals surface area contributed by atoms with Crippen LogP contribution in [0.1, 0.15) is 5.69 Å². The Kier molecular flexibility index (Phi) is 3.52. The molecule has 0 radical (unpaired) electrons. The summed E-state index contributed by atoms with van der Waals surface area (Å²) in [6.45, 7) is 2.49. The second-order valence-electron chi connectivity index (χ2n) is 4.24. The van der Waals surface area contributed by atoms with E-state index in [1.54, 1.807) is 16.8 Å². The standard InChI is InChI=1S/C10H12ClN5O3/c1-6-8(16(18)19)9(13-10(11)12-6)15-4-3-14(2)7(17)5-15/h3-5H2,1-2H3. The van der Waals surface area contributed by atoms with Gasteiger partial charge in [-0.1, -0.05) is 0 Å². The van der Waals surface area contributed by atoms with Crippen molar-refractivity contribution >= 4 is 29.0 Å². The molecule has 1 aliphatic rings. The first-order valence-electron chi connectivity index (χ1n) is 5.57. The van der Waals surface area contributed by atoms with Crippen molar-refractivity contribution in [3.05, 3.63) is 21.1 Å². The Morgan fingerprint density at radius 2 is 2.05 bits per heavy atom. The molecule has 1 aliphatic heterocycles. The lowest BCUT2D eigenvalue weighted by Crippen LogP contribution is -2.49. The van der Waals surface area contributed by atoms with Crippen LogP contribution in [0.25, 0.3) is 0 Å². The maximum Gasteiger partial charge on any atom is 0.332 e. The summed E-state index contributed by atoms with van der Waals surface area (Å²) in [5.74, 6) is -0.0168. The van der Waals surface area contributed by atoms with Gasteiger partial charge in [0, 0.05) is 20.1 Å². The molecular formula is C10H12ClN5O3. The van der Waals surface area contributed by atoms with Gasteiger partial charge in [-0.3, -0.25) is 14.9 Å². The van der Waals surface area contributed by atoms with E-state index in [-0.39, 0.29) is 34.9 Å². The van der Waals surface area contributed by atoms with E-state index in [0.717, 1.165) is 0 Å². The van der Waals surface area contributed by atoms with Gasteiger partial charge in [-0.25, -0.2) is 4.98 Å². The minimum Gasteiger partial charge on any atom is -0.342 e. The fraction of sp³-hybridized carbons (Fsp3) is 0.500. The summed E-state index contributed by atoms with van der Waals surface area (Å²) >= 11 is 5.74. The Labute approximate surface area is 114 Å². The number of aromatic nitrogens is 2. The minimum atomic E-state index is -0.552. The highest BCUT2D eigenvalue weighted by Gasteiger charge is 2.30. The summed E-state index contributed by atoms with van der Waals surface area (Å²) in [6, 6.07) is 0. The molecular weight excluding hydrogens is 274 g/mol. The van der Waals surface area contributed by atoms with Gasteiger partial charge in [-0.05, 0) is 18.5 Å². The van der Waals surface area contributed by atoms with Crippen LogP contribution in [0, 0.1) is 17.0 Å². The maximum atomic E-state index is 11.7. The smallest absolute Gasteiger partial charge is 0.332 e. The molecule has 8 nitrogen and oxygen atoms in total. The molecule has 1 amide bonds. The SMILES string of the molecule is Cc1nc(Cl)nc(N2CCN(C)C(=O)C2)c1[N+](=O)[O-]. The third-order valence-corrected chi connectivity index (χ3v) is 3.12. The number of piperazine rings is 1. The predicted molar refractivity (Wildman–Crippen MR) is 68.3 cm³/mol. The van der Waals surface area contributed by atoms with Crippen molar-refractivity contribution in [3.63, 3.8) is 0 Å². The molecule has 0 unspecified atom stereocenters. The average molecular weight is 286 g/mol. The van der Waals surface area contributed by atoms with E-state index in [0.29, 0.717) is 13.1 Å². The van der Waals surface area contributed by atoms with Gasteiger partial charge in [-0.15, -0.1) is 0 Å². The highest BCUT2D eigenvalue weighted by molar-refractivity contribution is 6.28. The number of nitrogens with zero attached hydrogens (tertiary/aromatic N) is 5. The molecule has 1 fully saturated rings. The highest BCUT2D eigenvalue weighted by atomic mass is 35.5. The van der Waals surface area contributed by atoms with Gasteiger partial charge >= 0.3 is 5.69 Å². The van der Waals surface area contributed by atoms with Gasteiger partial charge in [-0.2, -0.15) is 4.98 Å². The fourth-order valence-corrected chi connectivity index (χ4v) is 2.10. The van der Waals surface area contributed by atoms with E-state index in [1.165, 1.54) is 6.92 Å². The molecule has 0 aliphatic carbocycles. The van der Waals surface area contributed by atoms with Gasteiger partial charge in [0.2, 0.25) is 17.0 Å². The number of halogens is 1. The summed E-state index contributed by atoms with van der Waals surface area (Å²) in [5, 5.41) is 11.0. The van der Waals surface area contributed by atoms with E-state index >= 15 is 0 Å². The highest BCUT2D eigenvalue weighted by Crippen LogP contribution is 2.30. The number of aryl methyl sites for hydroxylation is 1. The van der Waals surface area contributed by atoms with Gasteiger partial charge < -0.3 is 9.80 Å². The number of rotatable bonds is 2. The lowest BCUT2D eigenvalue weighted by Gasteiger charge is -2.32. The largest absolute Gasteiger partial charge is 0.342 e. The molecule has 0 saturated carbocycles. The predicted octanol–water partition coefficient (Wildman–Crippen LogP) is 0.625. The molecule has 0 N–H and O–H groups in total. The first kappa shape index (κ1) is 13.5. The van der Waals surface area contributed by atoms with Gasteiger partial charge in [0.15, 0.2) is 0 Å². The van der Waals surface area contributed by atoms with Crippen LogP contribution in [0.4, 0.5) is 11.5 Å². The molecule has 102 valence electrons. The first-order valence-corrected chi connectivity index (χ1v) is 5.95. The van der Waals surface area contributed by atoms with Crippen molar-refractivity contribution in [2.45, 2.75) is 6.92 Å². The Morgan fingerprint density at radius 1 is 1.37 bits per heavy atom. The fourth-order valence-electron chi connectivity index (χ4n) is 1.89. The number of carbonyl (C=O) groups excluding carboxylic acids is 1. The Hall–Kier alpha value is -1.96. The average Bonchev–Trinajstić information content (AvgIpc) is 2.31. The second-order valence-corrected chi connectivity index (χ2v) is 4.58. The first-order chi connectivity index (χ1) is 8.90. The van der Waals surface area contributed by atoms with Crippen molar-refractivity contribution in [2.75, 3.05) is 31.6 Å². The number of nitro groups is 1. The number of anilines is 1. The zero-order valence-electron chi connectivity index (χ0n) is 10.5. The number of hydrogen-bond acceptors (Lipinski definition) is 6. The van der Waals surface area contributed by atoms with Gasteiger partial charge in [0.25, 0.3) is 0 Å². The number of amides is 1. The normalized spacial score (nSPS) is 15.8. The molecule has 0 bridgehead atoms. The summed E-state index contributed by atoms with van der Waals surface area (Å²) in [7, 11) is 1.69. The molecule has 1 aromatic heterocycles. The maximum absolute atomic E-state index is 11.7. The Balaban J connectivity index is 2.44. The van der Waals surface area contributed by atoms with Crippen LogP contribution in [0.5, 0.6) is 0 Å². The molecule has 0 spiro atoms. The molecule has 2 rings (SSSR count). The van der Waals surface area contributed by atoms with Crippen LogP contribution >= 0.6 is 11.6 Å². The Morgan fingerprint density at radius 3 is 2.63 bits per heavy atom. The lowest BCUT2D eigenvalue weighted by atomic mass is 10.2. The molecule has 2 heterocycles. The van der Waals surface area contributed by atoms with E-state index in [9.17, 15) is 14.9 Å². The van der Waals surface area contributed by atoms with Crippen molar-refractivity contribution in [1.29, 1.82) is 0 Å². The molecule has 0 atom stereocenters. The van der Waals surface area contributed by atoms with Crippen molar-refractivity contribution in [3.8, 4) is 0 Å². The lowest BCUT2D eigenvalue weighted by molar-refractivity contribution is -0.385. The second kappa shape index (κ2) is 4.96. The van der Waals surface area contributed by atoms with Crippen LogP contribution < -0.4 is 4.90 Å². The minimum absolute atomic E-state index is 0.0458. The van der Waals surface area contributed by atoms with E-state index in [1.807, 2.05) is 0 Å². The van der Waals surface area contributed by atoms with Crippen molar-refractivity contribution in [2.24, 2.45) is 0 Å². The molecule has 0 aromatic carbocycles. The van der Waals surface area contributed by atoms with Crippen LogP contribution in [0.3, 0.4) is 0 Å². The zero-order valence-corrected chi connectivity index (χ0v) is 11.2. The monoisotopic (exact) mass is 285 g/mol. The third-order valence-electron chi connectivity index (χ3n) is 2.95. The van der Waals surface area contributed by atoms with Crippen LogP contribution in [0.2, 0.25) is 5.28 Å². The van der Waals surface area contributed by atoms with Crippen LogP contribution in [-0.2, 0) is 4.79 Å². The van der Waals surface area contributed by atoms with Crippen molar-refractivity contribution < 1.29 is 9.72 Å². The topological polar surface area (TPSA) is 92.5 Å². The molecule has 19 heavy (non-hydrogen) atoms. The number of likely N-dealkylation sites (N-methyl/N-ethyl adjacent to an activating group) is 1. The van der Waals surface area contributed by atoms with E-state index in [2.05, 4.69) is 9.97 Å². The van der Waals surface area contributed by atoms with E-state index < -0.39 is 4.92 Å². The summed E-state index contributed by atoms with van der Waals surface area (Å²) < 4.78 is 0. The summed E-state index contributed by atoms with van der Waals surface area (Å²) in [6.07, 6.45) is 0. The molecule has 1 saturated heterocycles. The quantitative estimate of drug-likeness (QED) is 0.449. The number of carbonyl (C=O) groups is 1. The van der Waals surface area contributed by atoms with Gasteiger partial charge in [0.05, 0.1) is 11.5 Å². The van der Waals surface area contributed by atoms with Gasteiger partial charge in [0.1, 0.15) is 5.69 Å². The zero-order chi connectivity index (χ0) is 14.2.